The minimum Gasteiger partial charge on any atom is -0.497 e. The lowest BCUT2D eigenvalue weighted by Crippen LogP contribution is -2.55. The van der Waals surface area contributed by atoms with Gasteiger partial charge in [-0.15, -0.1) is 0 Å². The average molecular weight is 425 g/mol. The fraction of sp³-hybridized carbons (Fsp3) is 0.391. The van der Waals surface area contributed by atoms with E-state index in [4.69, 9.17) is 14.2 Å². The van der Waals surface area contributed by atoms with Gasteiger partial charge in [0.15, 0.2) is 11.5 Å². The van der Waals surface area contributed by atoms with Gasteiger partial charge in [-0.25, -0.2) is 0 Å². The molecule has 0 spiro atoms. The molecule has 2 aromatic rings. The van der Waals surface area contributed by atoms with Gasteiger partial charge in [0.2, 0.25) is 12.0 Å². The molecule has 4 rings (SSSR count). The van der Waals surface area contributed by atoms with Gasteiger partial charge in [0.25, 0.3) is 5.91 Å². The maximum absolute atomic E-state index is 12.8. The van der Waals surface area contributed by atoms with E-state index in [1.165, 1.54) is 0 Å². The number of fused-ring (bicyclic) bond motifs is 1. The number of para-hydroxylation sites is 2. The van der Waals surface area contributed by atoms with Crippen molar-refractivity contribution in [3.63, 3.8) is 0 Å². The highest BCUT2D eigenvalue weighted by Crippen LogP contribution is 2.31. The average Bonchev–Trinajstić information content (AvgIpc) is 2.83. The fourth-order valence-electron chi connectivity index (χ4n) is 3.67. The van der Waals surface area contributed by atoms with E-state index in [0.29, 0.717) is 50.8 Å². The summed E-state index contributed by atoms with van der Waals surface area (Å²) in [4.78, 5) is 28.9. The van der Waals surface area contributed by atoms with Crippen LogP contribution in [0.2, 0.25) is 0 Å². The Kier molecular flexibility index (Phi) is 6.57. The van der Waals surface area contributed by atoms with Crippen LogP contribution in [0.5, 0.6) is 17.2 Å². The molecule has 0 aromatic heterocycles. The van der Waals surface area contributed by atoms with E-state index < -0.39 is 6.10 Å². The van der Waals surface area contributed by atoms with Crippen LogP contribution >= 0.6 is 0 Å². The lowest BCUT2D eigenvalue weighted by Gasteiger charge is -2.36. The zero-order chi connectivity index (χ0) is 21.6. The predicted molar refractivity (Wildman–Crippen MR) is 114 cm³/mol. The van der Waals surface area contributed by atoms with Crippen molar-refractivity contribution in [2.75, 3.05) is 46.4 Å². The summed E-state index contributed by atoms with van der Waals surface area (Å²) in [6.45, 7) is 3.41. The highest BCUT2D eigenvalue weighted by Gasteiger charge is 2.32. The van der Waals surface area contributed by atoms with Crippen LogP contribution in [0, 0.1) is 0 Å². The first kappa shape index (κ1) is 21.0. The minimum atomic E-state index is -0.630. The zero-order valence-electron chi connectivity index (χ0n) is 17.6. The molecule has 2 heterocycles. The van der Waals surface area contributed by atoms with Gasteiger partial charge in [0.1, 0.15) is 12.4 Å². The molecule has 0 aliphatic carbocycles. The van der Waals surface area contributed by atoms with E-state index in [2.05, 4.69) is 10.2 Å². The summed E-state index contributed by atoms with van der Waals surface area (Å²) in [6, 6.07) is 15.0. The van der Waals surface area contributed by atoms with Gasteiger partial charge >= 0.3 is 0 Å². The molecule has 2 aliphatic heterocycles. The number of methoxy groups -OCH3 is 1. The molecule has 1 N–H and O–H groups in total. The molecule has 31 heavy (non-hydrogen) atoms. The number of amides is 2. The molecule has 2 aliphatic rings. The molecule has 2 amide bonds. The summed E-state index contributed by atoms with van der Waals surface area (Å²) < 4.78 is 16.6. The van der Waals surface area contributed by atoms with Crippen molar-refractivity contribution >= 4 is 11.8 Å². The first-order valence-corrected chi connectivity index (χ1v) is 10.4. The van der Waals surface area contributed by atoms with Gasteiger partial charge in [-0.2, -0.15) is 0 Å². The van der Waals surface area contributed by atoms with Crippen LogP contribution < -0.4 is 19.5 Å². The minimum absolute atomic E-state index is 0.0313. The van der Waals surface area contributed by atoms with Crippen LogP contribution in [0.4, 0.5) is 0 Å². The zero-order valence-corrected chi connectivity index (χ0v) is 17.6. The molecule has 8 heteroatoms. The second kappa shape index (κ2) is 9.70. The Bertz CT molecular complexity index is 910. The number of nitrogens with zero attached hydrogens (tertiary/aromatic N) is 2. The summed E-state index contributed by atoms with van der Waals surface area (Å²) in [5.41, 5.74) is 1.01. The van der Waals surface area contributed by atoms with E-state index in [9.17, 15) is 9.59 Å². The Morgan fingerprint density at radius 1 is 1.03 bits per heavy atom. The molecular formula is C23H27N3O5. The van der Waals surface area contributed by atoms with Crippen molar-refractivity contribution in [1.82, 2.24) is 15.1 Å². The highest BCUT2D eigenvalue weighted by atomic mass is 16.6. The first-order chi connectivity index (χ1) is 15.1. The second-order valence-electron chi connectivity index (χ2n) is 7.59. The molecule has 0 bridgehead atoms. The van der Waals surface area contributed by atoms with Crippen LogP contribution in [0.3, 0.4) is 0 Å². The molecule has 1 saturated heterocycles. The van der Waals surface area contributed by atoms with Crippen LogP contribution in [-0.4, -0.2) is 74.2 Å². The second-order valence-corrected chi connectivity index (χ2v) is 7.59. The molecule has 1 atom stereocenters. The van der Waals surface area contributed by atoms with E-state index in [0.717, 1.165) is 11.3 Å². The van der Waals surface area contributed by atoms with Crippen molar-refractivity contribution in [3.05, 3.63) is 54.1 Å². The number of ether oxygens (including phenoxy) is 3. The highest BCUT2D eigenvalue weighted by molar-refractivity contribution is 5.82. The first-order valence-electron chi connectivity index (χ1n) is 10.4. The van der Waals surface area contributed by atoms with Gasteiger partial charge in [-0.1, -0.05) is 24.3 Å². The Morgan fingerprint density at radius 3 is 2.45 bits per heavy atom. The van der Waals surface area contributed by atoms with E-state index >= 15 is 0 Å². The van der Waals surface area contributed by atoms with Gasteiger partial charge in [0, 0.05) is 32.7 Å². The number of carbonyl (C=O) groups is 2. The molecule has 8 nitrogen and oxygen atoms in total. The number of piperazine rings is 1. The van der Waals surface area contributed by atoms with Crippen LogP contribution in [0.1, 0.15) is 5.56 Å². The van der Waals surface area contributed by atoms with E-state index in [1.807, 2.05) is 42.5 Å². The van der Waals surface area contributed by atoms with Crippen molar-refractivity contribution in [2.24, 2.45) is 0 Å². The Balaban J connectivity index is 1.19. The Labute approximate surface area is 181 Å². The summed E-state index contributed by atoms with van der Waals surface area (Å²) in [5, 5.41) is 2.94. The van der Waals surface area contributed by atoms with E-state index in [1.54, 1.807) is 18.1 Å². The Morgan fingerprint density at radius 2 is 1.74 bits per heavy atom. The lowest BCUT2D eigenvalue weighted by molar-refractivity contribution is -0.143. The van der Waals surface area contributed by atoms with Crippen molar-refractivity contribution < 1.29 is 23.8 Å². The summed E-state index contributed by atoms with van der Waals surface area (Å²) in [6.07, 6.45) is -0.630. The number of hydrogen-bond acceptors (Lipinski definition) is 6. The monoisotopic (exact) mass is 425 g/mol. The lowest BCUT2D eigenvalue weighted by atomic mass is 10.2. The molecule has 0 unspecified atom stereocenters. The molecule has 1 fully saturated rings. The third-order valence-corrected chi connectivity index (χ3v) is 5.48. The molecule has 0 radical (unpaired) electrons. The number of rotatable bonds is 6. The smallest absolute Gasteiger partial charge is 0.267 e. The third kappa shape index (κ3) is 5.27. The SMILES string of the molecule is COc1ccc(CNC(=O)CN2CCN(C(=O)[C@H]3COc4ccccc4O3)CC2)cc1. The maximum Gasteiger partial charge on any atom is 0.267 e. The van der Waals surface area contributed by atoms with Gasteiger partial charge in [-0.3, -0.25) is 14.5 Å². The van der Waals surface area contributed by atoms with Crippen LogP contribution in [0.15, 0.2) is 48.5 Å². The summed E-state index contributed by atoms with van der Waals surface area (Å²) in [5.74, 6) is 1.95. The molecule has 0 saturated carbocycles. The van der Waals surface area contributed by atoms with Crippen LogP contribution in [0.25, 0.3) is 0 Å². The normalized spacial score (nSPS) is 18.4. The summed E-state index contributed by atoms with van der Waals surface area (Å²) in [7, 11) is 1.62. The fourth-order valence-corrected chi connectivity index (χ4v) is 3.67. The standard InChI is InChI=1S/C23H27N3O5/c1-29-18-8-6-17(7-9-18)14-24-22(27)15-25-10-12-26(13-11-25)23(28)21-16-30-19-4-2-3-5-20(19)31-21/h2-9,21H,10-16H2,1H3,(H,24,27)/t21-/m1/s1. The topological polar surface area (TPSA) is 80.3 Å². The number of carbonyl (C=O) groups excluding carboxylic acids is 2. The van der Waals surface area contributed by atoms with Crippen molar-refractivity contribution in [2.45, 2.75) is 12.6 Å². The Hall–Kier alpha value is -3.26. The molecule has 164 valence electrons. The van der Waals surface area contributed by atoms with E-state index in [-0.39, 0.29) is 18.4 Å². The number of nitrogens with one attached hydrogen (secondary N) is 1. The summed E-state index contributed by atoms with van der Waals surface area (Å²) >= 11 is 0. The number of benzene rings is 2. The third-order valence-electron chi connectivity index (χ3n) is 5.48. The van der Waals surface area contributed by atoms with Crippen LogP contribution in [-0.2, 0) is 16.1 Å². The van der Waals surface area contributed by atoms with Gasteiger partial charge in [0.05, 0.1) is 13.7 Å². The molecule has 2 aromatic carbocycles. The van der Waals surface area contributed by atoms with Crippen molar-refractivity contribution in [1.29, 1.82) is 0 Å². The van der Waals surface area contributed by atoms with Gasteiger partial charge < -0.3 is 24.4 Å². The van der Waals surface area contributed by atoms with Gasteiger partial charge in [-0.05, 0) is 29.8 Å². The maximum atomic E-state index is 12.8. The largest absolute Gasteiger partial charge is 0.497 e. The molecular weight excluding hydrogens is 398 g/mol. The van der Waals surface area contributed by atoms with Crippen molar-refractivity contribution in [3.8, 4) is 17.2 Å². The quantitative estimate of drug-likeness (QED) is 0.752. The predicted octanol–water partition coefficient (Wildman–Crippen LogP) is 1.30. The number of hydrogen-bond donors (Lipinski definition) is 1.